The Balaban J connectivity index is 1.62. The normalized spacial score (nSPS) is 24.8. The molecule has 0 radical (unpaired) electrons. The zero-order valence-corrected chi connectivity index (χ0v) is 15.2. The van der Waals surface area contributed by atoms with Crippen LogP contribution in [0.4, 0.5) is 11.4 Å². The summed E-state index contributed by atoms with van der Waals surface area (Å²) in [6.07, 6.45) is 2.92. The predicted octanol–water partition coefficient (Wildman–Crippen LogP) is 2.94. The number of amides is 1. The molecule has 1 aromatic carbocycles. The van der Waals surface area contributed by atoms with Crippen LogP contribution in [0.15, 0.2) is 18.2 Å². The highest BCUT2D eigenvalue weighted by atomic mass is 16.5. The first-order valence-electron chi connectivity index (χ1n) is 9.47. The van der Waals surface area contributed by atoms with Crippen molar-refractivity contribution in [1.29, 1.82) is 0 Å². The number of nitrogens with zero attached hydrogens (tertiary/aromatic N) is 1. The highest BCUT2D eigenvalue weighted by Crippen LogP contribution is 2.48. The minimum absolute atomic E-state index is 0.0162. The molecule has 3 aliphatic heterocycles. The van der Waals surface area contributed by atoms with Gasteiger partial charge in [-0.15, -0.1) is 0 Å². The summed E-state index contributed by atoms with van der Waals surface area (Å²) in [6, 6.07) is 6.90. The predicted molar refractivity (Wildman–Crippen MR) is 98.2 cm³/mol. The lowest BCUT2D eigenvalue weighted by molar-refractivity contribution is -0.119. The van der Waals surface area contributed by atoms with E-state index in [1.54, 1.807) is 0 Å². The molecule has 1 amide bonds. The third kappa shape index (κ3) is 3.04. The van der Waals surface area contributed by atoms with Gasteiger partial charge >= 0.3 is 0 Å². The molecule has 25 heavy (non-hydrogen) atoms. The number of ether oxygens (including phenoxy) is 2. The lowest BCUT2D eigenvalue weighted by Crippen LogP contribution is -2.40. The molecule has 3 aliphatic rings. The van der Waals surface area contributed by atoms with E-state index in [1.165, 1.54) is 11.3 Å². The van der Waals surface area contributed by atoms with Gasteiger partial charge in [-0.05, 0) is 56.9 Å². The van der Waals surface area contributed by atoms with Crippen molar-refractivity contribution in [2.75, 3.05) is 43.2 Å². The summed E-state index contributed by atoms with van der Waals surface area (Å²) in [6.45, 7) is 8.42. The molecular formula is C20H28N2O3. The summed E-state index contributed by atoms with van der Waals surface area (Å²) in [5.41, 5.74) is 3.77. The Morgan fingerprint density at radius 2 is 2.04 bits per heavy atom. The monoisotopic (exact) mass is 344 g/mol. The molecule has 5 heteroatoms. The summed E-state index contributed by atoms with van der Waals surface area (Å²) in [5, 5.41) is 3.11. The number of hydrogen-bond acceptors (Lipinski definition) is 4. The van der Waals surface area contributed by atoms with Crippen LogP contribution in [0, 0.1) is 5.92 Å². The lowest BCUT2D eigenvalue weighted by atomic mass is 9.75. The SMILES string of the molecule is CC(C)N1CC2(CCOCC2)c2cc(NC(=O)[C@@H]3CCOC3)ccc21. The highest BCUT2D eigenvalue weighted by Gasteiger charge is 2.44. The molecular weight excluding hydrogens is 316 g/mol. The van der Waals surface area contributed by atoms with Crippen molar-refractivity contribution in [3.63, 3.8) is 0 Å². The zero-order chi connectivity index (χ0) is 17.4. The van der Waals surface area contributed by atoms with Crippen molar-refractivity contribution >= 4 is 17.3 Å². The van der Waals surface area contributed by atoms with E-state index in [4.69, 9.17) is 9.47 Å². The van der Waals surface area contributed by atoms with Crippen LogP contribution in [0.1, 0.15) is 38.7 Å². The first-order valence-corrected chi connectivity index (χ1v) is 9.47. The average molecular weight is 344 g/mol. The maximum Gasteiger partial charge on any atom is 0.229 e. The van der Waals surface area contributed by atoms with E-state index in [0.29, 0.717) is 19.3 Å². The smallest absolute Gasteiger partial charge is 0.229 e. The quantitative estimate of drug-likeness (QED) is 0.916. The van der Waals surface area contributed by atoms with Gasteiger partial charge in [-0.3, -0.25) is 4.79 Å². The van der Waals surface area contributed by atoms with E-state index in [9.17, 15) is 4.79 Å². The van der Waals surface area contributed by atoms with Gasteiger partial charge in [0.1, 0.15) is 0 Å². The molecule has 0 aliphatic carbocycles. The molecule has 1 aromatic rings. The molecule has 3 heterocycles. The van der Waals surface area contributed by atoms with Gasteiger partial charge < -0.3 is 19.7 Å². The second kappa shape index (κ2) is 6.61. The molecule has 0 bridgehead atoms. The lowest BCUT2D eigenvalue weighted by Gasteiger charge is -2.35. The van der Waals surface area contributed by atoms with Crippen molar-refractivity contribution in [3.8, 4) is 0 Å². The number of anilines is 2. The summed E-state index contributed by atoms with van der Waals surface area (Å²) in [4.78, 5) is 14.9. The highest BCUT2D eigenvalue weighted by molar-refractivity contribution is 5.93. The molecule has 1 spiro atoms. The van der Waals surface area contributed by atoms with Crippen LogP contribution in [0.3, 0.4) is 0 Å². The van der Waals surface area contributed by atoms with Gasteiger partial charge in [-0.1, -0.05) is 0 Å². The fourth-order valence-corrected chi connectivity index (χ4v) is 4.42. The van der Waals surface area contributed by atoms with Crippen LogP contribution >= 0.6 is 0 Å². The van der Waals surface area contributed by atoms with Gasteiger partial charge in [0, 0.05) is 49.2 Å². The number of rotatable bonds is 3. The topological polar surface area (TPSA) is 50.8 Å². The fraction of sp³-hybridized carbons (Fsp3) is 0.650. The molecule has 2 saturated heterocycles. The summed E-state index contributed by atoms with van der Waals surface area (Å²) in [7, 11) is 0. The van der Waals surface area contributed by atoms with Crippen molar-refractivity contribution < 1.29 is 14.3 Å². The number of fused-ring (bicyclic) bond motifs is 2. The van der Waals surface area contributed by atoms with Crippen molar-refractivity contribution in [3.05, 3.63) is 23.8 Å². The van der Waals surface area contributed by atoms with E-state index in [2.05, 4.69) is 36.2 Å². The Labute approximate surface area is 149 Å². The standard InChI is InChI=1S/C20H28N2O3/c1-14(2)22-13-20(6-9-24-10-7-20)17-11-16(3-4-18(17)22)21-19(23)15-5-8-25-12-15/h3-4,11,14-15H,5-10,12-13H2,1-2H3,(H,21,23)/t15-/m1/s1. The van der Waals surface area contributed by atoms with E-state index in [1.807, 2.05) is 6.07 Å². The number of benzene rings is 1. The Hall–Kier alpha value is -1.59. The largest absolute Gasteiger partial charge is 0.381 e. The van der Waals surface area contributed by atoms with Gasteiger partial charge in [0.15, 0.2) is 0 Å². The van der Waals surface area contributed by atoms with E-state index >= 15 is 0 Å². The van der Waals surface area contributed by atoms with Crippen LogP contribution < -0.4 is 10.2 Å². The minimum Gasteiger partial charge on any atom is -0.381 e. The fourth-order valence-electron chi connectivity index (χ4n) is 4.42. The number of nitrogens with one attached hydrogen (secondary N) is 1. The second-order valence-corrected chi connectivity index (χ2v) is 7.90. The molecule has 2 fully saturated rings. The second-order valence-electron chi connectivity index (χ2n) is 7.90. The first kappa shape index (κ1) is 16.9. The Morgan fingerprint density at radius 3 is 2.72 bits per heavy atom. The number of carbonyl (C=O) groups is 1. The van der Waals surface area contributed by atoms with Gasteiger partial charge in [0.25, 0.3) is 0 Å². The van der Waals surface area contributed by atoms with Crippen LogP contribution in [0.5, 0.6) is 0 Å². The van der Waals surface area contributed by atoms with Gasteiger partial charge in [0.05, 0.1) is 12.5 Å². The van der Waals surface area contributed by atoms with Crippen LogP contribution in [-0.4, -0.2) is 44.9 Å². The molecule has 0 unspecified atom stereocenters. The molecule has 0 aromatic heterocycles. The Kier molecular flexibility index (Phi) is 4.46. The molecule has 5 nitrogen and oxygen atoms in total. The summed E-state index contributed by atoms with van der Waals surface area (Å²) < 4.78 is 11.0. The molecule has 1 N–H and O–H groups in total. The third-order valence-electron chi connectivity index (χ3n) is 5.99. The summed E-state index contributed by atoms with van der Waals surface area (Å²) in [5.74, 6) is 0.0645. The number of carbonyl (C=O) groups excluding carboxylic acids is 1. The molecule has 4 rings (SSSR count). The summed E-state index contributed by atoms with van der Waals surface area (Å²) >= 11 is 0. The van der Waals surface area contributed by atoms with Crippen molar-refractivity contribution in [2.24, 2.45) is 5.92 Å². The number of hydrogen-bond donors (Lipinski definition) is 1. The maximum absolute atomic E-state index is 12.4. The average Bonchev–Trinajstić information content (AvgIpc) is 3.24. The van der Waals surface area contributed by atoms with E-state index < -0.39 is 0 Å². The van der Waals surface area contributed by atoms with Crippen molar-refractivity contribution in [2.45, 2.75) is 44.6 Å². The van der Waals surface area contributed by atoms with E-state index in [0.717, 1.165) is 44.7 Å². The maximum atomic E-state index is 12.4. The zero-order valence-electron chi connectivity index (χ0n) is 15.2. The van der Waals surface area contributed by atoms with E-state index in [-0.39, 0.29) is 17.2 Å². The first-order chi connectivity index (χ1) is 12.1. The Bertz CT molecular complexity index is 646. The molecule has 136 valence electrons. The van der Waals surface area contributed by atoms with Crippen molar-refractivity contribution in [1.82, 2.24) is 0 Å². The van der Waals surface area contributed by atoms with Crippen LogP contribution in [0.2, 0.25) is 0 Å². The van der Waals surface area contributed by atoms with Crippen LogP contribution in [0.25, 0.3) is 0 Å². The molecule has 0 saturated carbocycles. The minimum atomic E-state index is -0.0162. The Morgan fingerprint density at radius 1 is 1.24 bits per heavy atom. The third-order valence-corrected chi connectivity index (χ3v) is 5.99. The van der Waals surface area contributed by atoms with Gasteiger partial charge in [-0.25, -0.2) is 0 Å². The van der Waals surface area contributed by atoms with Crippen LogP contribution in [-0.2, 0) is 19.7 Å². The van der Waals surface area contributed by atoms with Gasteiger partial charge in [0.2, 0.25) is 5.91 Å². The van der Waals surface area contributed by atoms with Gasteiger partial charge in [-0.2, -0.15) is 0 Å². The molecule has 1 atom stereocenters.